The second-order valence-corrected chi connectivity index (χ2v) is 4.53. The molecule has 0 saturated heterocycles. The fraction of sp³-hybridized carbons (Fsp3) is 0.308. The van der Waals surface area contributed by atoms with Crippen LogP contribution < -0.4 is 5.43 Å². The first-order valence-electron chi connectivity index (χ1n) is 5.90. The molecule has 5 heteroatoms. The van der Waals surface area contributed by atoms with E-state index in [1.807, 2.05) is 18.2 Å². The second-order valence-electron chi connectivity index (χ2n) is 4.14. The van der Waals surface area contributed by atoms with E-state index >= 15 is 0 Å². The van der Waals surface area contributed by atoms with Crippen LogP contribution in [0.3, 0.4) is 0 Å². The van der Waals surface area contributed by atoms with Crippen LogP contribution in [0, 0.1) is 4.64 Å². The summed E-state index contributed by atoms with van der Waals surface area (Å²) < 4.78 is 2.22. The van der Waals surface area contributed by atoms with Gasteiger partial charge in [0, 0.05) is 18.5 Å². The average Bonchev–Trinajstić information content (AvgIpc) is 2.34. The summed E-state index contributed by atoms with van der Waals surface area (Å²) in [4.78, 5) is 15.6. The summed E-state index contributed by atoms with van der Waals surface area (Å²) in [6.07, 6.45) is 3.59. The van der Waals surface area contributed by atoms with Gasteiger partial charge in [0.1, 0.15) is 4.64 Å². The fourth-order valence-electron chi connectivity index (χ4n) is 1.91. The monoisotopic (exact) mass is 261 g/mol. The smallest absolute Gasteiger partial charge is 0.235 e. The molecule has 2 aromatic rings. The number of aromatic nitrogens is 2. The third-order valence-electron chi connectivity index (χ3n) is 2.62. The molecule has 0 atom stereocenters. The minimum Gasteiger partial charge on any atom is -0.274 e. The zero-order valence-corrected chi connectivity index (χ0v) is 11.3. The summed E-state index contributed by atoms with van der Waals surface area (Å²) in [7, 11) is 0. The van der Waals surface area contributed by atoms with E-state index in [1.54, 1.807) is 10.9 Å². The van der Waals surface area contributed by atoms with Crippen molar-refractivity contribution in [2.45, 2.75) is 26.7 Å². The number of hydrogen-bond donors (Lipinski definition) is 1. The molecule has 2 aromatic heterocycles. The standard InChI is InChI=1S/C13H15N3OS/c1-3-5-11-8-10-6-4-7-14-12(10)16(13(11)18)15-9(2)17/h4,6-8H,3,5H2,1-2H3,(H,15,17). The molecule has 0 spiro atoms. The first kappa shape index (κ1) is 12.7. The number of carbonyl (C=O) groups excluding carboxylic acids is 1. The first-order chi connectivity index (χ1) is 8.63. The molecule has 0 aliphatic rings. The molecule has 2 heterocycles. The Labute approximate surface area is 111 Å². The van der Waals surface area contributed by atoms with E-state index in [-0.39, 0.29) is 5.91 Å². The highest BCUT2D eigenvalue weighted by Gasteiger charge is 2.07. The van der Waals surface area contributed by atoms with Crippen LogP contribution in [-0.4, -0.2) is 15.6 Å². The average molecular weight is 261 g/mol. The number of nitrogens with one attached hydrogen (secondary N) is 1. The van der Waals surface area contributed by atoms with Crippen molar-refractivity contribution in [2.24, 2.45) is 0 Å². The summed E-state index contributed by atoms with van der Waals surface area (Å²) >= 11 is 5.41. The molecule has 2 rings (SSSR count). The molecule has 0 fully saturated rings. The lowest BCUT2D eigenvalue weighted by Gasteiger charge is -2.13. The SMILES string of the molecule is CCCc1cc2cccnc2n(NC(C)=O)c1=S. The minimum absolute atomic E-state index is 0.160. The van der Waals surface area contributed by atoms with E-state index in [0.717, 1.165) is 23.8 Å². The normalized spacial score (nSPS) is 10.6. The number of fused-ring (bicyclic) bond motifs is 1. The highest BCUT2D eigenvalue weighted by atomic mass is 32.1. The van der Waals surface area contributed by atoms with Crippen LogP contribution >= 0.6 is 12.2 Å². The highest BCUT2D eigenvalue weighted by molar-refractivity contribution is 7.71. The molecular formula is C13H15N3OS. The molecule has 0 unspecified atom stereocenters. The van der Waals surface area contributed by atoms with Crippen molar-refractivity contribution in [3.63, 3.8) is 0 Å². The van der Waals surface area contributed by atoms with Crippen LogP contribution in [-0.2, 0) is 11.2 Å². The van der Waals surface area contributed by atoms with Gasteiger partial charge < -0.3 is 0 Å². The predicted octanol–water partition coefficient (Wildman–Crippen LogP) is 2.81. The van der Waals surface area contributed by atoms with Crippen LogP contribution in [0.5, 0.6) is 0 Å². The maximum atomic E-state index is 11.3. The van der Waals surface area contributed by atoms with Gasteiger partial charge in [0.25, 0.3) is 0 Å². The Morgan fingerprint density at radius 3 is 3.00 bits per heavy atom. The maximum absolute atomic E-state index is 11.3. The molecular weight excluding hydrogens is 246 g/mol. The molecule has 0 saturated carbocycles. The third-order valence-corrected chi connectivity index (χ3v) is 3.07. The van der Waals surface area contributed by atoms with Crippen LogP contribution in [0.1, 0.15) is 25.8 Å². The molecule has 0 bridgehead atoms. The van der Waals surface area contributed by atoms with Gasteiger partial charge in [0.2, 0.25) is 5.91 Å². The number of rotatable bonds is 3. The third kappa shape index (κ3) is 2.41. The minimum atomic E-state index is -0.160. The lowest BCUT2D eigenvalue weighted by atomic mass is 10.1. The van der Waals surface area contributed by atoms with Crippen LogP contribution in [0.4, 0.5) is 0 Å². The zero-order valence-electron chi connectivity index (χ0n) is 10.4. The number of pyridine rings is 2. The quantitative estimate of drug-likeness (QED) is 0.864. The first-order valence-corrected chi connectivity index (χ1v) is 6.31. The van der Waals surface area contributed by atoms with Crippen molar-refractivity contribution < 1.29 is 4.79 Å². The zero-order chi connectivity index (χ0) is 13.1. The van der Waals surface area contributed by atoms with Crippen molar-refractivity contribution in [1.82, 2.24) is 9.66 Å². The lowest BCUT2D eigenvalue weighted by Crippen LogP contribution is -2.22. The molecule has 0 aliphatic heterocycles. The van der Waals surface area contributed by atoms with Gasteiger partial charge in [-0.05, 0) is 30.2 Å². The summed E-state index contributed by atoms with van der Waals surface area (Å²) in [5, 5.41) is 0.975. The number of hydrogen-bond acceptors (Lipinski definition) is 3. The molecule has 0 aromatic carbocycles. The Balaban J connectivity index is 2.73. The summed E-state index contributed by atoms with van der Waals surface area (Å²) in [5.74, 6) is -0.160. The van der Waals surface area contributed by atoms with E-state index in [1.165, 1.54) is 6.92 Å². The van der Waals surface area contributed by atoms with Gasteiger partial charge in [-0.15, -0.1) is 0 Å². The molecule has 18 heavy (non-hydrogen) atoms. The van der Waals surface area contributed by atoms with E-state index in [0.29, 0.717) is 10.3 Å². The van der Waals surface area contributed by atoms with E-state index in [2.05, 4.69) is 17.3 Å². The molecule has 1 N–H and O–H groups in total. The van der Waals surface area contributed by atoms with Crippen LogP contribution in [0.2, 0.25) is 0 Å². The summed E-state index contributed by atoms with van der Waals surface area (Å²) in [6, 6.07) is 5.89. The second kappa shape index (κ2) is 5.27. The number of carbonyl (C=O) groups is 1. The van der Waals surface area contributed by atoms with Crippen molar-refractivity contribution in [2.75, 3.05) is 5.43 Å². The Hall–Kier alpha value is -1.75. The summed E-state index contributed by atoms with van der Waals surface area (Å²) in [6.45, 7) is 3.56. The largest absolute Gasteiger partial charge is 0.274 e. The van der Waals surface area contributed by atoms with Gasteiger partial charge in [-0.3, -0.25) is 10.2 Å². The molecule has 1 amide bonds. The Kier molecular flexibility index (Phi) is 3.72. The van der Waals surface area contributed by atoms with Gasteiger partial charge in [0.05, 0.1) is 0 Å². The number of aryl methyl sites for hydroxylation is 1. The van der Waals surface area contributed by atoms with Crippen molar-refractivity contribution in [1.29, 1.82) is 0 Å². The van der Waals surface area contributed by atoms with Crippen molar-refractivity contribution >= 4 is 29.2 Å². The highest BCUT2D eigenvalue weighted by Crippen LogP contribution is 2.16. The van der Waals surface area contributed by atoms with E-state index in [9.17, 15) is 4.79 Å². The van der Waals surface area contributed by atoms with Gasteiger partial charge in [-0.25, -0.2) is 9.66 Å². The predicted molar refractivity (Wildman–Crippen MR) is 74.6 cm³/mol. The number of nitrogens with zero attached hydrogens (tertiary/aromatic N) is 2. The van der Waals surface area contributed by atoms with Crippen LogP contribution in [0.25, 0.3) is 11.0 Å². The van der Waals surface area contributed by atoms with Gasteiger partial charge in [-0.2, -0.15) is 0 Å². The molecule has 94 valence electrons. The fourth-order valence-corrected chi connectivity index (χ4v) is 2.20. The summed E-state index contributed by atoms with van der Waals surface area (Å²) in [5.41, 5.74) is 4.46. The van der Waals surface area contributed by atoms with E-state index in [4.69, 9.17) is 12.2 Å². The maximum Gasteiger partial charge on any atom is 0.235 e. The van der Waals surface area contributed by atoms with Crippen molar-refractivity contribution in [3.05, 3.63) is 34.6 Å². The number of amides is 1. The Bertz CT molecular complexity index is 648. The molecule has 4 nitrogen and oxygen atoms in total. The Morgan fingerprint density at radius 1 is 1.56 bits per heavy atom. The van der Waals surface area contributed by atoms with Crippen molar-refractivity contribution in [3.8, 4) is 0 Å². The van der Waals surface area contributed by atoms with E-state index < -0.39 is 0 Å². The Morgan fingerprint density at radius 2 is 2.33 bits per heavy atom. The molecule has 0 radical (unpaired) electrons. The topological polar surface area (TPSA) is 46.9 Å². The van der Waals surface area contributed by atoms with Gasteiger partial charge in [-0.1, -0.05) is 25.6 Å². The van der Waals surface area contributed by atoms with Gasteiger partial charge in [0.15, 0.2) is 5.65 Å². The lowest BCUT2D eigenvalue weighted by molar-refractivity contribution is -0.115. The van der Waals surface area contributed by atoms with Gasteiger partial charge >= 0.3 is 0 Å². The molecule has 0 aliphatic carbocycles. The van der Waals surface area contributed by atoms with Crippen LogP contribution in [0.15, 0.2) is 24.4 Å².